The summed E-state index contributed by atoms with van der Waals surface area (Å²) in [6.07, 6.45) is 0. The molecule has 73 heavy (non-hydrogen) atoms. The summed E-state index contributed by atoms with van der Waals surface area (Å²) >= 11 is 0. The van der Waals surface area contributed by atoms with Gasteiger partial charge in [0.25, 0.3) is 0 Å². The molecule has 0 saturated heterocycles. The van der Waals surface area contributed by atoms with Gasteiger partial charge in [-0.15, -0.1) is 0 Å². The Morgan fingerprint density at radius 1 is 0.384 bits per heavy atom. The smallest absolute Gasteiger partial charge is 0.220 e. The molecule has 16 rings (SSSR count). The van der Waals surface area contributed by atoms with Gasteiger partial charge in [-0.05, 0) is 128 Å². The fourth-order valence-electron chi connectivity index (χ4n) is 12.7. The summed E-state index contributed by atoms with van der Waals surface area (Å²) in [6, 6.07) is 92.8. The molecule has 0 unspecified atom stereocenters. The minimum Gasteiger partial charge on any atom is -0.455 e. The van der Waals surface area contributed by atoms with Crippen molar-refractivity contribution in [3.63, 3.8) is 0 Å². The van der Waals surface area contributed by atoms with Crippen molar-refractivity contribution in [2.75, 3.05) is 4.90 Å². The lowest BCUT2D eigenvalue weighted by molar-refractivity contribution is 0.670. The van der Waals surface area contributed by atoms with Crippen molar-refractivity contribution in [1.29, 1.82) is 0 Å². The van der Waals surface area contributed by atoms with Gasteiger partial charge in [-0.1, -0.05) is 182 Å². The van der Waals surface area contributed by atoms with Crippen LogP contribution in [0.25, 0.3) is 100.0 Å². The fraction of sp³-hybridized carbons (Fsp3) is 0.0147. The van der Waals surface area contributed by atoms with Crippen molar-refractivity contribution in [3.05, 3.63) is 277 Å². The second-order valence-corrected chi connectivity index (χ2v) is 19.4. The number of aromatic nitrogens is 3. The Bertz CT molecular complexity index is 4490. The Balaban J connectivity index is 0.857. The molecular formula is C68H42N4O. The zero-order valence-corrected chi connectivity index (χ0v) is 39.4. The van der Waals surface area contributed by atoms with Gasteiger partial charge in [0.05, 0.1) is 33.2 Å². The standard InChI is InChI=1S/C68H42N4O/c1-5-22-56-50(15-1)51-16-2-6-23-57(51)68(56)58-24-7-3-17-52(58)54-20-14-29-63(65(54)68)70(47-41-35-45(36-42-47)49-19-13-21-55-53-18-4-12-30-64(53)73-66(49)55)46-37-31-43(32-38-46)44-33-39-48(40-34-44)71-61-27-10-11-28-62(61)72-60-26-9-8-25-59(60)69-67(71)72/h1-42H. The third-order valence-electron chi connectivity index (χ3n) is 15.8. The van der Waals surface area contributed by atoms with Gasteiger partial charge in [0.15, 0.2) is 0 Å². The van der Waals surface area contributed by atoms with E-state index in [0.717, 1.165) is 94.8 Å². The molecule has 3 heterocycles. The molecule has 0 atom stereocenters. The van der Waals surface area contributed by atoms with Crippen LogP contribution in [0.3, 0.4) is 0 Å². The normalized spacial score (nSPS) is 13.0. The first-order valence-corrected chi connectivity index (χ1v) is 25.0. The highest BCUT2D eigenvalue weighted by atomic mass is 16.3. The van der Waals surface area contributed by atoms with Crippen molar-refractivity contribution in [2.45, 2.75) is 5.41 Å². The number of para-hydroxylation sites is 6. The van der Waals surface area contributed by atoms with Gasteiger partial charge >= 0.3 is 0 Å². The summed E-state index contributed by atoms with van der Waals surface area (Å²) in [5, 5.41) is 2.25. The van der Waals surface area contributed by atoms with Crippen molar-refractivity contribution in [1.82, 2.24) is 14.0 Å². The van der Waals surface area contributed by atoms with E-state index in [1.807, 2.05) is 6.07 Å². The van der Waals surface area contributed by atoms with Crippen LogP contribution in [0.1, 0.15) is 22.3 Å². The molecule has 3 aromatic heterocycles. The molecule has 340 valence electrons. The largest absolute Gasteiger partial charge is 0.455 e. The number of nitrogens with zero attached hydrogens (tertiary/aromatic N) is 4. The molecule has 5 nitrogen and oxygen atoms in total. The van der Waals surface area contributed by atoms with E-state index in [9.17, 15) is 0 Å². The predicted molar refractivity (Wildman–Crippen MR) is 299 cm³/mol. The minimum absolute atomic E-state index is 0.535. The van der Waals surface area contributed by atoms with E-state index in [1.165, 1.54) is 44.5 Å². The number of rotatable bonds is 6. The molecule has 0 aliphatic heterocycles. The van der Waals surface area contributed by atoms with E-state index in [-0.39, 0.29) is 0 Å². The average molecular weight is 931 g/mol. The van der Waals surface area contributed by atoms with Crippen molar-refractivity contribution >= 4 is 66.8 Å². The van der Waals surface area contributed by atoms with Gasteiger partial charge in [0.1, 0.15) is 11.2 Å². The highest BCUT2D eigenvalue weighted by molar-refractivity contribution is 6.10. The summed E-state index contributed by atoms with van der Waals surface area (Å²) in [5.41, 5.74) is 24.7. The van der Waals surface area contributed by atoms with E-state index in [2.05, 4.69) is 263 Å². The van der Waals surface area contributed by atoms with Gasteiger partial charge < -0.3 is 9.32 Å². The zero-order chi connectivity index (χ0) is 47.8. The summed E-state index contributed by atoms with van der Waals surface area (Å²) in [4.78, 5) is 7.60. The van der Waals surface area contributed by atoms with Crippen LogP contribution in [0, 0.1) is 0 Å². The Hall–Kier alpha value is -9.71. The summed E-state index contributed by atoms with van der Waals surface area (Å²) in [7, 11) is 0. The molecule has 0 amide bonds. The third kappa shape index (κ3) is 5.53. The van der Waals surface area contributed by atoms with Crippen molar-refractivity contribution in [3.8, 4) is 50.2 Å². The van der Waals surface area contributed by atoms with Gasteiger partial charge in [0, 0.05) is 39.0 Å². The van der Waals surface area contributed by atoms with E-state index >= 15 is 0 Å². The maximum Gasteiger partial charge on any atom is 0.220 e. The van der Waals surface area contributed by atoms with Crippen LogP contribution >= 0.6 is 0 Å². The molecule has 5 heteroatoms. The highest BCUT2D eigenvalue weighted by Crippen LogP contribution is 2.65. The zero-order valence-electron chi connectivity index (χ0n) is 39.4. The molecule has 11 aromatic carbocycles. The number of anilines is 3. The molecule has 2 aliphatic rings. The Morgan fingerprint density at radius 2 is 0.890 bits per heavy atom. The van der Waals surface area contributed by atoms with Crippen LogP contribution in [0.15, 0.2) is 259 Å². The maximum absolute atomic E-state index is 6.55. The lowest BCUT2D eigenvalue weighted by Gasteiger charge is -2.36. The Kier molecular flexibility index (Phi) is 8.31. The first-order chi connectivity index (χ1) is 36.2. The molecule has 0 bridgehead atoms. The number of furan rings is 1. The topological polar surface area (TPSA) is 38.6 Å². The first kappa shape index (κ1) is 40.1. The minimum atomic E-state index is -0.535. The van der Waals surface area contributed by atoms with E-state index in [4.69, 9.17) is 9.40 Å². The van der Waals surface area contributed by atoms with E-state index in [1.54, 1.807) is 0 Å². The Labute approximate surface area is 420 Å². The van der Waals surface area contributed by atoms with E-state index in [0.29, 0.717) is 0 Å². The summed E-state index contributed by atoms with van der Waals surface area (Å²) in [6.45, 7) is 0. The van der Waals surface area contributed by atoms with Gasteiger partial charge in [-0.2, -0.15) is 0 Å². The number of imidazole rings is 2. The average Bonchev–Trinajstić information content (AvgIpc) is 4.26. The van der Waals surface area contributed by atoms with E-state index < -0.39 is 5.41 Å². The van der Waals surface area contributed by atoms with Gasteiger partial charge in [-0.3, -0.25) is 8.97 Å². The van der Waals surface area contributed by atoms with Crippen LogP contribution in [0.4, 0.5) is 17.1 Å². The van der Waals surface area contributed by atoms with Crippen LogP contribution in [0.2, 0.25) is 0 Å². The highest BCUT2D eigenvalue weighted by Gasteiger charge is 2.53. The number of hydrogen-bond donors (Lipinski definition) is 0. The number of benzene rings is 11. The number of hydrogen-bond acceptors (Lipinski definition) is 3. The van der Waals surface area contributed by atoms with Crippen LogP contribution in [-0.2, 0) is 5.41 Å². The molecule has 14 aromatic rings. The Morgan fingerprint density at radius 3 is 1.59 bits per heavy atom. The molecule has 2 aliphatic carbocycles. The molecule has 0 N–H and O–H groups in total. The summed E-state index contributed by atoms with van der Waals surface area (Å²) in [5.74, 6) is 0.904. The number of fused-ring (bicyclic) bond motifs is 18. The SMILES string of the molecule is c1ccc2c(c1)-c1ccccc1C21c2ccccc2-c2cccc(N(c3ccc(-c4ccc(-n5c6ccccc6n6c7ccccc7nc56)cc4)cc3)c3ccc(-c4cccc5c4oc4ccccc45)cc3)c21. The maximum atomic E-state index is 6.55. The quantitative estimate of drug-likeness (QED) is 0.167. The molecule has 1 spiro atoms. The molecule has 0 radical (unpaired) electrons. The van der Waals surface area contributed by atoms with Crippen LogP contribution < -0.4 is 4.90 Å². The fourth-order valence-corrected chi connectivity index (χ4v) is 12.7. The second-order valence-electron chi connectivity index (χ2n) is 19.4. The van der Waals surface area contributed by atoms with Gasteiger partial charge in [-0.25, -0.2) is 4.98 Å². The van der Waals surface area contributed by atoms with Crippen molar-refractivity contribution in [2.24, 2.45) is 0 Å². The molecular weight excluding hydrogens is 889 g/mol. The van der Waals surface area contributed by atoms with Gasteiger partial charge in [0.2, 0.25) is 5.78 Å². The van der Waals surface area contributed by atoms with Crippen molar-refractivity contribution < 1.29 is 4.42 Å². The predicted octanol–water partition coefficient (Wildman–Crippen LogP) is 17.5. The lowest BCUT2D eigenvalue weighted by Crippen LogP contribution is -2.28. The molecule has 0 saturated carbocycles. The van der Waals surface area contributed by atoms with Crippen LogP contribution in [0.5, 0.6) is 0 Å². The second kappa shape index (κ2) is 15.1. The van der Waals surface area contributed by atoms with Crippen LogP contribution in [-0.4, -0.2) is 14.0 Å². The first-order valence-electron chi connectivity index (χ1n) is 25.0. The molecule has 0 fully saturated rings. The third-order valence-corrected chi connectivity index (χ3v) is 15.8. The summed E-state index contributed by atoms with van der Waals surface area (Å²) < 4.78 is 11.1. The lowest BCUT2D eigenvalue weighted by atomic mass is 9.70. The monoisotopic (exact) mass is 930 g/mol.